The highest BCUT2D eigenvalue weighted by Crippen LogP contribution is 2.22. The summed E-state index contributed by atoms with van der Waals surface area (Å²) in [7, 11) is 0. The number of rotatable bonds is 7. The molecule has 20 heavy (non-hydrogen) atoms. The van der Waals surface area contributed by atoms with Gasteiger partial charge in [-0.05, 0) is 27.2 Å². The van der Waals surface area contributed by atoms with Crippen LogP contribution < -0.4 is 22.3 Å². The highest BCUT2D eigenvalue weighted by molar-refractivity contribution is 5.80. The van der Waals surface area contributed by atoms with Crippen LogP contribution in [-0.2, 0) is 11.2 Å². The lowest BCUT2D eigenvalue weighted by Gasteiger charge is -2.22. The van der Waals surface area contributed by atoms with Gasteiger partial charge in [-0.2, -0.15) is 0 Å². The molecule has 6 N–H and O–H groups in total. The predicted octanol–water partition coefficient (Wildman–Crippen LogP) is 0.947. The van der Waals surface area contributed by atoms with E-state index < -0.39 is 5.41 Å². The molecule has 7 nitrogen and oxygen atoms in total. The predicted molar refractivity (Wildman–Crippen MR) is 80.0 cm³/mol. The van der Waals surface area contributed by atoms with E-state index in [2.05, 4.69) is 27.6 Å². The second-order valence-corrected chi connectivity index (χ2v) is 5.46. The monoisotopic (exact) mass is 280 g/mol. The average molecular weight is 280 g/mol. The summed E-state index contributed by atoms with van der Waals surface area (Å²) >= 11 is 0. The normalized spacial score (nSPS) is 11.2. The first kappa shape index (κ1) is 16.2. The number of carbonyl (C=O) groups is 1. The van der Waals surface area contributed by atoms with Gasteiger partial charge in [-0.15, -0.1) is 0 Å². The van der Waals surface area contributed by atoms with Gasteiger partial charge in [0, 0.05) is 18.5 Å². The minimum Gasteiger partial charge on any atom is -0.369 e. The number of anilines is 2. The highest BCUT2D eigenvalue weighted by atomic mass is 16.1. The van der Waals surface area contributed by atoms with Gasteiger partial charge in [0.15, 0.2) is 0 Å². The number of carbonyl (C=O) groups excluding carboxylic acids is 1. The van der Waals surface area contributed by atoms with Crippen LogP contribution in [0.5, 0.6) is 0 Å². The van der Waals surface area contributed by atoms with Crippen molar-refractivity contribution < 1.29 is 4.79 Å². The molecule has 0 aliphatic carbocycles. The van der Waals surface area contributed by atoms with Crippen LogP contribution >= 0.6 is 0 Å². The van der Waals surface area contributed by atoms with Gasteiger partial charge in [-0.3, -0.25) is 4.79 Å². The van der Waals surface area contributed by atoms with Gasteiger partial charge >= 0.3 is 0 Å². The Balaban J connectivity index is 2.99. The summed E-state index contributed by atoms with van der Waals surface area (Å²) in [4.78, 5) is 20.1. The number of nitrogen functional groups attached to an aromatic ring is 1. The lowest BCUT2D eigenvalue weighted by molar-refractivity contribution is -0.125. The average Bonchev–Trinajstić information content (AvgIpc) is 2.39. The van der Waals surface area contributed by atoms with E-state index in [0.29, 0.717) is 24.0 Å². The van der Waals surface area contributed by atoms with E-state index >= 15 is 0 Å². The number of hydrogen-bond donors (Lipinski definition) is 4. The second kappa shape index (κ2) is 6.51. The second-order valence-electron chi connectivity index (χ2n) is 5.46. The minimum absolute atomic E-state index is 0.359. The molecule has 0 aromatic carbocycles. The van der Waals surface area contributed by atoms with Crippen molar-refractivity contribution in [3.8, 4) is 0 Å². The topological polar surface area (TPSA) is 119 Å². The van der Waals surface area contributed by atoms with E-state index in [1.165, 1.54) is 0 Å². The van der Waals surface area contributed by atoms with Gasteiger partial charge in [0.05, 0.1) is 5.41 Å². The molecule has 0 radical (unpaired) electrons. The first-order valence-electron chi connectivity index (χ1n) is 6.69. The molecule has 0 aliphatic rings. The number of nitrogens with two attached hydrogens (primary N) is 2. The Morgan fingerprint density at radius 3 is 2.40 bits per heavy atom. The quantitative estimate of drug-likeness (QED) is 0.436. The Morgan fingerprint density at radius 1 is 1.30 bits per heavy atom. The van der Waals surface area contributed by atoms with Crippen LogP contribution in [0.15, 0.2) is 0 Å². The number of amides is 1. The molecule has 0 spiro atoms. The Bertz CT molecular complexity index is 486. The third kappa shape index (κ3) is 3.80. The molecule has 1 rings (SSSR count). The van der Waals surface area contributed by atoms with Crippen LogP contribution in [0.3, 0.4) is 0 Å². The molecule has 0 fully saturated rings. The minimum atomic E-state index is -0.654. The molecule has 0 saturated heterocycles. The fourth-order valence-electron chi connectivity index (χ4n) is 1.60. The van der Waals surface area contributed by atoms with E-state index in [-0.39, 0.29) is 5.91 Å². The maximum absolute atomic E-state index is 11.3. The number of aryl methyl sites for hydroxylation is 1. The van der Waals surface area contributed by atoms with Crippen molar-refractivity contribution in [2.24, 2.45) is 17.0 Å². The summed E-state index contributed by atoms with van der Waals surface area (Å²) in [6.07, 6.45) is 1.71. The maximum Gasteiger partial charge on any atom is 0.224 e. The van der Waals surface area contributed by atoms with Gasteiger partial charge in [0.2, 0.25) is 5.91 Å². The van der Waals surface area contributed by atoms with Crippen molar-refractivity contribution in [1.29, 1.82) is 0 Å². The molecule has 1 aromatic rings. The zero-order valence-corrected chi connectivity index (χ0v) is 12.6. The highest BCUT2D eigenvalue weighted by Gasteiger charge is 2.25. The fourth-order valence-corrected chi connectivity index (χ4v) is 1.60. The molecular weight excluding hydrogens is 256 g/mol. The van der Waals surface area contributed by atoms with Crippen LogP contribution in [0.4, 0.5) is 11.6 Å². The maximum atomic E-state index is 11.3. The molecule has 0 unspecified atom stereocenters. The zero-order valence-electron chi connectivity index (χ0n) is 12.6. The summed E-state index contributed by atoms with van der Waals surface area (Å²) in [5, 5.41) is 3.16. The van der Waals surface area contributed by atoms with E-state index in [1.54, 1.807) is 13.8 Å². The molecule has 1 aromatic heterocycles. The van der Waals surface area contributed by atoms with Crippen molar-refractivity contribution in [3.63, 3.8) is 0 Å². The number of hydrazine groups is 1. The molecule has 112 valence electrons. The number of nitrogens with zero attached hydrogens (tertiary/aromatic N) is 2. The van der Waals surface area contributed by atoms with Crippen molar-refractivity contribution >= 4 is 17.5 Å². The summed E-state index contributed by atoms with van der Waals surface area (Å²) < 4.78 is 0. The fraction of sp³-hybridized carbons (Fsp3) is 0.615. The smallest absolute Gasteiger partial charge is 0.224 e. The molecule has 0 aliphatic heterocycles. The molecular formula is C13H24N6O. The number of primary amides is 1. The van der Waals surface area contributed by atoms with E-state index in [1.807, 2.05) is 6.92 Å². The van der Waals surface area contributed by atoms with Crippen molar-refractivity contribution in [2.45, 2.75) is 40.5 Å². The number of aromatic nitrogens is 2. The molecule has 1 amide bonds. The summed E-state index contributed by atoms with van der Waals surface area (Å²) in [5.41, 5.74) is 8.09. The molecule has 0 bridgehead atoms. The molecule has 0 atom stereocenters. The Labute approximate surface area is 119 Å². The van der Waals surface area contributed by atoms with Crippen LogP contribution in [0.1, 0.15) is 38.6 Å². The van der Waals surface area contributed by atoms with Crippen LogP contribution in [0, 0.1) is 12.3 Å². The Hall–Kier alpha value is -1.89. The van der Waals surface area contributed by atoms with Crippen molar-refractivity contribution in [1.82, 2.24) is 9.97 Å². The lowest BCUT2D eigenvalue weighted by atomic mass is 9.93. The molecule has 1 heterocycles. The SMILES string of the molecule is CCCc1nc(NN)c(C)c(NCC(C)(C)C(N)=O)n1. The van der Waals surface area contributed by atoms with Gasteiger partial charge in [0.25, 0.3) is 0 Å². The van der Waals surface area contributed by atoms with Crippen molar-refractivity contribution in [2.75, 3.05) is 17.3 Å². The van der Waals surface area contributed by atoms with E-state index in [0.717, 1.165) is 18.4 Å². The summed E-state index contributed by atoms with van der Waals surface area (Å²) in [6.45, 7) is 7.89. The van der Waals surface area contributed by atoms with E-state index in [9.17, 15) is 4.79 Å². The Morgan fingerprint density at radius 2 is 1.90 bits per heavy atom. The number of nitrogens with one attached hydrogen (secondary N) is 2. The lowest BCUT2D eigenvalue weighted by Crippen LogP contribution is -2.37. The first-order valence-corrected chi connectivity index (χ1v) is 6.69. The van der Waals surface area contributed by atoms with Gasteiger partial charge in [0.1, 0.15) is 17.5 Å². The summed E-state index contributed by atoms with van der Waals surface area (Å²) in [5.74, 6) is 7.09. The van der Waals surface area contributed by atoms with E-state index in [4.69, 9.17) is 11.6 Å². The van der Waals surface area contributed by atoms with Crippen LogP contribution in [-0.4, -0.2) is 22.4 Å². The third-order valence-corrected chi connectivity index (χ3v) is 3.17. The zero-order chi connectivity index (χ0) is 15.3. The molecule has 0 saturated carbocycles. The van der Waals surface area contributed by atoms with Crippen molar-refractivity contribution in [3.05, 3.63) is 11.4 Å². The standard InChI is InChI=1S/C13H24N6O/c1-5-6-9-17-10(8(2)11(18-9)19-15)16-7-13(3,4)12(14)20/h5-7,15H2,1-4H3,(H2,14,20)(H2,16,17,18,19). The van der Waals surface area contributed by atoms with Crippen LogP contribution in [0.25, 0.3) is 0 Å². The summed E-state index contributed by atoms with van der Waals surface area (Å²) in [6, 6.07) is 0. The van der Waals surface area contributed by atoms with Gasteiger partial charge < -0.3 is 16.5 Å². The molecule has 7 heteroatoms. The first-order chi connectivity index (χ1) is 9.31. The number of hydrogen-bond acceptors (Lipinski definition) is 6. The van der Waals surface area contributed by atoms with Gasteiger partial charge in [-0.1, -0.05) is 6.92 Å². The van der Waals surface area contributed by atoms with Gasteiger partial charge in [-0.25, -0.2) is 15.8 Å². The Kier molecular flexibility index (Phi) is 5.26. The van der Waals surface area contributed by atoms with Crippen LogP contribution in [0.2, 0.25) is 0 Å². The largest absolute Gasteiger partial charge is 0.369 e. The third-order valence-electron chi connectivity index (χ3n) is 3.17.